The molecule has 0 radical (unpaired) electrons. The van der Waals surface area contributed by atoms with Crippen molar-refractivity contribution in [2.45, 2.75) is 26.2 Å². The monoisotopic (exact) mass is 395 g/mol. The first kappa shape index (κ1) is 18.8. The molecule has 4 rings (SSSR count). The lowest BCUT2D eigenvalue weighted by Crippen LogP contribution is -2.27. The van der Waals surface area contributed by atoms with Crippen LogP contribution < -0.4 is 10.6 Å². The molecule has 6 nitrogen and oxygen atoms in total. The Morgan fingerprint density at radius 3 is 2.89 bits per heavy atom. The van der Waals surface area contributed by atoms with E-state index in [1.807, 2.05) is 25.6 Å². The van der Waals surface area contributed by atoms with Gasteiger partial charge in [-0.25, -0.2) is 4.98 Å². The maximum Gasteiger partial charge on any atom is 0.231 e. The normalized spacial score (nSPS) is 19.1. The van der Waals surface area contributed by atoms with Crippen LogP contribution in [-0.2, 0) is 18.3 Å². The number of amides is 1. The van der Waals surface area contributed by atoms with Crippen molar-refractivity contribution in [2.24, 2.45) is 13.0 Å². The minimum atomic E-state index is -0.115. The van der Waals surface area contributed by atoms with E-state index in [9.17, 15) is 4.79 Å². The van der Waals surface area contributed by atoms with Gasteiger partial charge in [-0.2, -0.15) is 5.10 Å². The largest absolute Gasteiger partial charge is 0.315 e. The standard InChI is InChI=1S/C21H25N5OS/c1-13-4-5-15(6-14(13)2)7-17-9-23-21(28-17)25-20(27)19-11-22-10-18(19)16-8-24-26(3)12-16/h4-6,8-9,12,18-19,22H,7,10-11H2,1-3H3,(H,23,25,27)/t18-,19+/m1/s1. The van der Waals surface area contributed by atoms with Gasteiger partial charge in [-0.05, 0) is 36.1 Å². The number of thiazole rings is 1. The molecule has 1 saturated heterocycles. The van der Waals surface area contributed by atoms with Gasteiger partial charge < -0.3 is 10.6 Å². The van der Waals surface area contributed by atoms with E-state index in [2.05, 4.69) is 52.8 Å². The lowest BCUT2D eigenvalue weighted by Gasteiger charge is -2.15. The van der Waals surface area contributed by atoms with Crippen LogP contribution in [0.15, 0.2) is 36.8 Å². The molecule has 1 aliphatic rings. The third-order valence-corrected chi connectivity index (χ3v) is 6.35. The van der Waals surface area contributed by atoms with Crippen LogP contribution >= 0.6 is 11.3 Å². The lowest BCUT2D eigenvalue weighted by atomic mass is 9.90. The summed E-state index contributed by atoms with van der Waals surface area (Å²) < 4.78 is 1.78. The second kappa shape index (κ2) is 7.85. The van der Waals surface area contributed by atoms with Crippen LogP contribution in [0.2, 0.25) is 0 Å². The number of aryl methyl sites for hydroxylation is 3. The molecule has 7 heteroatoms. The maximum absolute atomic E-state index is 12.8. The summed E-state index contributed by atoms with van der Waals surface area (Å²) in [7, 11) is 1.90. The fourth-order valence-corrected chi connectivity index (χ4v) is 4.55. The molecular weight excluding hydrogens is 370 g/mol. The Bertz CT molecular complexity index is 992. The van der Waals surface area contributed by atoms with Gasteiger partial charge in [0.25, 0.3) is 0 Å². The van der Waals surface area contributed by atoms with E-state index in [1.54, 1.807) is 16.0 Å². The molecule has 3 heterocycles. The summed E-state index contributed by atoms with van der Waals surface area (Å²) >= 11 is 1.55. The van der Waals surface area contributed by atoms with Gasteiger partial charge in [0.15, 0.2) is 5.13 Å². The second-order valence-electron chi connectivity index (χ2n) is 7.53. The van der Waals surface area contributed by atoms with E-state index in [0.717, 1.165) is 23.4 Å². The van der Waals surface area contributed by atoms with Crippen LogP contribution in [0.5, 0.6) is 0 Å². The molecule has 0 spiro atoms. The van der Waals surface area contributed by atoms with E-state index in [0.29, 0.717) is 11.7 Å². The zero-order valence-corrected chi connectivity index (χ0v) is 17.2. The summed E-state index contributed by atoms with van der Waals surface area (Å²) in [6.07, 6.45) is 6.53. The van der Waals surface area contributed by atoms with Gasteiger partial charge in [-0.15, -0.1) is 11.3 Å². The van der Waals surface area contributed by atoms with Gasteiger partial charge in [0.05, 0.1) is 12.1 Å². The number of carbonyl (C=O) groups is 1. The topological polar surface area (TPSA) is 71.8 Å². The van der Waals surface area contributed by atoms with Crippen molar-refractivity contribution in [2.75, 3.05) is 18.4 Å². The number of aromatic nitrogens is 3. The average molecular weight is 396 g/mol. The first-order chi connectivity index (χ1) is 13.5. The Morgan fingerprint density at radius 1 is 1.29 bits per heavy atom. The molecule has 3 aromatic rings. The summed E-state index contributed by atoms with van der Waals surface area (Å²) in [5.74, 6) is 0.0471. The van der Waals surface area contributed by atoms with E-state index < -0.39 is 0 Å². The highest BCUT2D eigenvalue weighted by molar-refractivity contribution is 7.15. The van der Waals surface area contributed by atoms with Crippen molar-refractivity contribution in [3.05, 3.63) is 63.9 Å². The Labute approximate surface area is 169 Å². The number of hydrogen-bond donors (Lipinski definition) is 2. The molecule has 0 unspecified atom stereocenters. The van der Waals surface area contributed by atoms with Crippen molar-refractivity contribution in [3.63, 3.8) is 0 Å². The van der Waals surface area contributed by atoms with Crippen molar-refractivity contribution in [1.29, 1.82) is 0 Å². The molecule has 1 aliphatic heterocycles. The number of anilines is 1. The molecule has 2 N–H and O–H groups in total. The molecule has 28 heavy (non-hydrogen) atoms. The first-order valence-corrected chi connectivity index (χ1v) is 10.3. The van der Waals surface area contributed by atoms with E-state index >= 15 is 0 Å². The summed E-state index contributed by atoms with van der Waals surface area (Å²) in [5, 5.41) is 11.3. The second-order valence-corrected chi connectivity index (χ2v) is 8.65. The van der Waals surface area contributed by atoms with E-state index in [1.165, 1.54) is 16.7 Å². The number of hydrogen-bond acceptors (Lipinski definition) is 5. The molecule has 146 valence electrons. The highest BCUT2D eigenvalue weighted by atomic mass is 32.1. The zero-order chi connectivity index (χ0) is 19.7. The Balaban J connectivity index is 1.41. The van der Waals surface area contributed by atoms with Gasteiger partial charge in [0.1, 0.15) is 0 Å². The smallest absolute Gasteiger partial charge is 0.231 e. The summed E-state index contributed by atoms with van der Waals surface area (Å²) in [6.45, 7) is 5.72. The Hall–Kier alpha value is -2.51. The SMILES string of the molecule is Cc1ccc(Cc2cnc(NC(=O)[C@H]3CNC[C@@H]3c3cnn(C)c3)s2)cc1C. The number of nitrogens with zero attached hydrogens (tertiary/aromatic N) is 3. The van der Waals surface area contributed by atoms with Crippen LogP contribution in [0.4, 0.5) is 5.13 Å². The van der Waals surface area contributed by atoms with Gasteiger partial charge >= 0.3 is 0 Å². The van der Waals surface area contributed by atoms with Crippen LogP contribution in [0, 0.1) is 19.8 Å². The Kier molecular flexibility index (Phi) is 5.28. The molecular formula is C21H25N5OS. The zero-order valence-electron chi connectivity index (χ0n) is 16.4. The van der Waals surface area contributed by atoms with Crippen molar-refractivity contribution in [3.8, 4) is 0 Å². The third-order valence-electron chi connectivity index (χ3n) is 5.44. The maximum atomic E-state index is 12.8. The molecule has 1 amide bonds. The molecule has 0 saturated carbocycles. The molecule has 2 atom stereocenters. The van der Waals surface area contributed by atoms with Crippen LogP contribution in [-0.4, -0.2) is 33.8 Å². The van der Waals surface area contributed by atoms with Gasteiger partial charge in [0, 0.05) is 49.7 Å². The molecule has 2 aromatic heterocycles. The Morgan fingerprint density at radius 2 is 2.14 bits per heavy atom. The quantitative estimate of drug-likeness (QED) is 0.697. The van der Waals surface area contributed by atoms with Crippen molar-refractivity contribution < 1.29 is 4.79 Å². The minimum Gasteiger partial charge on any atom is -0.315 e. The minimum absolute atomic E-state index is 0.0194. The van der Waals surface area contributed by atoms with E-state index in [4.69, 9.17) is 0 Å². The highest BCUT2D eigenvalue weighted by Crippen LogP contribution is 2.30. The fourth-order valence-electron chi connectivity index (χ4n) is 3.70. The number of nitrogens with one attached hydrogen (secondary N) is 2. The van der Waals surface area contributed by atoms with Gasteiger partial charge in [0.2, 0.25) is 5.91 Å². The van der Waals surface area contributed by atoms with Gasteiger partial charge in [-0.1, -0.05) is 18.2 Å². The fraction of sp³-hybridized carbons (Fsp3) is 0.381. The molecule has 0 bridgehead atoms. The van der Waals surface area contributed by atoms with Crippen molar-refractivity contribution in [1.82, 2.24) is 20.1 Å². The number of benzene rings is 1. The van der Waals surface area contributed by atoms with Crippen molar-refractivity contribution >= 4 is 22.4 Å². The predicted octanol–water partition coefficient (Wildman–Crippen LogP) is 3.03. The first-order valence-electron chi connectivity index (χ1n) is 9.50. The molecule has 0 aliphatic carbocycles. The van der Waals surface area contributed by atoms with Gasteiger partial charge in [-0.3, -0.25) is 9.48 Å². The lowest BCUT2D eigenvalue weighted by molar-refractivity contribution is -0.119. The third kappa shape index (κ3) is 4.00. The average Bonchev–Trinajstić information content (AvgIpc) is 3.39. The number of rotatable bonds is 5. The predicted molar refractivity (Wildman–Crippen MR) is 112 cm³/mol. The van der Waals surface area contributed by atoms with E-state index in [-0.39, 0.29) is 17.7 Å². The van der Waals surface area contributed by atoms with Crippen LogP contribution in [0.1, 0.15) is 33.0 Å². The molecule has 1 fully saturated rings. The number of carbonyl (C=O) groups excluding carboxylic acids is 1. The van der Waals surface area contributed by atoms with Crippen LogP contribution in [0.3, 0.4) is 0 Å². The molecule has 1 aromatic carbocycles. The summed E-state index contributed by atoms with van der Waals surface area (Å²) in [5.41, 5.74) is 4.96. The summed E-state index contributed by atoms with van der Waals surface area (Å²) in [4.78, 5) is 18.4. The van der Waals surface area contributed by atoms with Crippen LogP contribution in [0.25, 0.3) is 0 Å². The summed E-state index contributed by atoms with van der Waals surface area (Å²) in [6, 6.07) is 6.53. The highest BCUT2D eigenvalue weighted by Gasteiger charge is 2.35.